The van der Waals surface area contributed by atoms with Crippen molar-refractivity contribution in [2.24, 2.45) is 0 Å². The van der Waals surface area contributed by atoms with Crippen molar-refractivity contribution in [3.8, 4) is 22.4 Å². The molecule has 3 aromatic heterocycles. The van der Waals surface area contributed by atoms with Gasteiger partial charge in [0.05, 0.1) is 22.3 Å². The summed E-state index contributed by atoms with van der Waals surface area (Å²) in [6, 6.07) is 15.8. The van der Waals surface area contributed by atoms with Crippen molar-refractivity contribution in [1.29, 1.82) is 0 Å². The van der Waals surface area contributed by atoms with Crippen molar-refractivity contribution in [2.45, 2.75) is 25.7 Å². The van der Waals surface area contributed by atoms with Crippen LogP contribution in [0.15, 0.2) is 78.0 Å². The third kappa shape index (κ3) is 3.03. The molecule has 0 fully saturated rings. The average Bonchev–Trinajstić information content (AvgIpc) is 3.26. The van der Waals surface area contributed by atoms with Crippen molar-refractivity contribution in [2.75, 3.05) is 0 Å². The Labute approximate surface area is 184 Å². The molecule has 0 spiro atoms. The quantitative estimate of drug-likeness (QED) is 0.433. The summed E-state index contributed by atoms with van der Waals surface area (Å²) in [6.45, 7) is 0. The number of nitrogens with one attached hydrogen (secondary N) is 1. The number of hydrogen-bond donors (Lipinski definition) is 1. The number of nitrogens with zero attached hydrogens (tertiary/aromatic N) is 4. The molecule has 6 nitrogen and oxygen atoms in total. The van der Waals surface area contributed by atoms with Crippen molar-refractivity contribution < 1.29 is 0 Å². The zero-order valence-electron chi connectivity index (χ0n) is 17.5. The molecule has 0 aliphatic heterocycles. The van der Waals surface area contributed by atoms with Crippen LogP contribution in [0.2, 0.25) is 0 Å². The number of allylic oxidation sites excluding steroid dienone is 2. The number of H-pyrrole nitrogens is 1. The highest BCUT2D eigenvalue weighted by atomic mass is 16.1. The molecular weight excluding hydrogens is 398 g/mol. The van der Waals surface area contributed by atoms with Gasteiger partial charge in [0.1, 0.15) is 0 Å². The third-order valence-electron chi connectivity index (χ3n) is 6.11. The molecule has 0 amide bonds. The summed E-state index contributed by atoms with van der Waals surface area (Å²) in [5.41, 5.74) is 7.66. The molecule has 1 aliphatic rings. The predicted molar refractivity (Wildman–Crippen MR) is 126 cm³/mol. The number of fused-ring (bicyclic) bond motifs is 2. The Morgan fingerprint density at radius 3 is 2.53 bits per heavy atom. The van der Waals surface area contributed by atoms with Gasteiger partial charge < -0.3 is 0 Å². The zero-order valence-corrected chi connectivity index (χ0v) is 17.5. The second-order valence-corrected chi connectivity index (χ2v) is 8.10. The number of aromatic amines is 1. The molecule has 0 radical (unpaired) electrons. The van der Waals surface area contributed by atoms with Crippen LogP contribution >= 0.6 is 0 Å². The minimum Gasteiger partial charge on any atom is -0.288 e. The van der Waals surface area contributed by atoms with E-state index in [0.29, 0.717) is 11.2 Å². The van der Waals surface area contributed by atoms with Gasteiger partial charge in [-0.05, 0) is 49.0 Å². The molecule has 0 atom stereocenters. The first-order chi connectivity index (χ1) is 15.8. The van der Waals surface area contributed by atoms with Gasteiger partial charge in [-0.2, -0.15) is 4.52 Å². The normalized spacial score (nSPS) is 14.1. The van der Waals surface area contributed by atoms with Crippen LogP contribution in [-0.2, 0) is 0 Å². The van der Waals surface area contributed by atoms with Crippen LogP contribution in [0.25, 0.3) is 44.6 Å². The van der Waals surface area contributed by atoms with Gasteiger partial charge >= 0.3 is 0 Å². The van der Waals surface area contributed by atoms with Crippen molar-refractivity contribution in [3.05, 3.63) is 89.1 Å². The largest absolute Gasteiger partial charge is 0.288 e. The third-order valence-corrected chi connectivity index (χ3v) is 6.11. The molecule has 3 heterocycles. The van der Waals surface area contributed by atoms with E-state index in [-0.39, 0.29) is 5.56 Å². The highest BCUT2D eigenvalue weighted by Gasteiger charge is 2.21. The summed E-state index contributed by atoms with van der Waals surface area (Å²) in [6.07, 6.45) is 11.7. The monoisotopic (exact) mass is 419 g/mol. The van der Waals surface area contributed by atoms with Crippen LogP contribution in [0.1, 0.15) is 31.2 Å². The van der Waals surface area contributed by atoms with E-state index in [1.54, 1.807) is 23.1 Å². The minimum absolute atomic E-state index is 0.127. The van der Waals surface area contributed by atoms with Gasteiger partial charge in [-0.25, -0.2) is 4.98 Å². The first kappa shape index (κ1) is 18.7. The SMILES string of the molecule is O=c1c(-c2ccc3nccnc3c2)cnc2c(C3=CCCCC3)c(-c3ccccc3)[nH]n12. The molecule has 6 heteroatoms. The number of benzene rings is 2. The molecule has 1 N–H and O–H groups in total. The Hall–Kier alpha value is -4.06. The van der Waals surface area contributed by atoms with Crippen molar-refractivity contribution >= 4 is 22.3 Å². The lowest BCUT2D eigenvalue weighted by atomic mass is 9.92. The average molecular weight is 419 g/mol. The second-order valence-electron chi connectivity index (χ2n) is 8.10. The van der Waals surface area contributed by atoms with E-state index >= 15 is 0 Å². The maximum atomic E-state index is 13.6. The molecule has 156 valence electrons. The van der Waals surface area contributed by atoms with Gasteiger partial charge in [0, 0.05) is 29.7 Å². The molecule has 1 aliphatic carbocycles. The van der Waals surface area contributed by atoms with Gasteiger partial charge in [-0.1, -0.05) is 42.5 Å². The summed E-state index contributed by atoms with van der Waals surface area (Å²) in [7, 11) is 0. The number of rotatable bonds is 3. The Balaban J connectivity index is 1.59. The van der Waals surface area contributed by atoms with Crippen LogP contribution in [0.5, 0.6) is 0 Å². The van der Waals surface area contributed by atoms with E-state index in [2.05, 4.69) is 33.3 Å². The van der Waals surface area contributed by atoms with Crippen LogP contribution in [0, 0.1) is 0 Å². The van der Waals surface area contributed by atoms with E-state index < -0.39 is 0 Å². The van der Waals surface area contributed by atoms with Crippen molar-refractivity contribution in [1.82, 2.24) is 24.6 Å². The Morgan fingerprint density at radius 2 is 1.72 bits per heavy atom. The molecule has 0 bridgehead atoms. The molecular formula is C26H21N5O. The molecule has 6 rings (SSSR count). The Bertz CT molecular complexity index is 1550. The Morgan fingerprint density at radius 1 is 0.875 bits per heavy atom. The lowest BCUT2D eigenvalue weighted by Gasteiger charge is -2.13. The highest BCUT2D eigenvalue weighted by Crippen LogP contribution is 2.36. The molecule has 2 aromatic carbocycles. The standard InChI is InChI=1S/C26H21N5O/c32-26-20(19-11-12-21-22(15-19)28-14-13-27-21)16-29-25-23(17-7-3-1-4-8-17)24(30-31(25)26)18-9-5-2-6-10-18/h2,5-7,9-16,30H,1,3-4,8H2. The first-order valence-electron chi connectivity index (χ1n) is 10.9. The maximum Gasteiger partial charge on any atom is 0.280 e. The summed E-state index contributed by atoms with van der Waals surface area (Å²) >= 11 is 0. The molecule has 5 aromatic rings. The summed E-state index contributed by atoms with van der Waals surface area (Å²) in [5.74, 6) is 0. The van der Waals surface area contributed by atoms with Crippen molar-refractivity contribution in [3.63, 3.8) is 0 Å². The first-order valence-corrected chi connectivity index (χ1v) is 10.9. The van der Waals surface area contributed by atoms with E-state index in [0.717, 1.165) is 52.7 Å². The van der Waals surface area contributed by atoms with Gasteiger partial charge in [-0.3, -0.25) is 19.9 Å². The van der Waals surface area contributed by atoms with E-state index in [4.69, 9.17) is 4.98 Å². The van der Waals surface area contributed by atoms with Gasteiger partial charge in [0.2, 0.25) is 0 Å². The van der Waals surface area contributed by atoms with E-state index in [9.17, 15) is 4.79 Å². The lowest BCUT2D eigenvalue weighted by molar-refractivity contribution is 0.742. The van der Waals surface area contributed by atoms with E-state index in [1.807, 2.05) is 36.4 Å². The zero-order chi connectivity index (χ0) is 21.5. The summed E-state index contributed by atoms with van der Waals surface area (Å²) < 4.78 is 1.59. The van der Waals surface area contributed by atoms with Crippen LogP contribution in [-0.4, -0.2) is 24.6 Å². The molecule has 0 saturated heterocycles. The number of hydrogen-bond acceptors (Lipinski definition) is 4. The minimum atomic E-state index is -0.127. The second kappa shape index (κ2) is 7.57. The van der Waals surface area contributed by atoms with Gasteiger partial charge in [-0.15, -0.1) is 0 Å². The Kier molecular flexibility index (Phi) is 4.42. The van der Waals surface area contributed by atoms with Gasteiger partial charge in [0.25, 0.3) is 5.56 Å². The summed E-state index contributed by atoms with van der Waals surface area (Å²) in [4.78, 5) is 27.0. The van der Waals surface area contributed by atoms with E-state index in [1.165, 1.54) is 12.0 Å². The highest BCUT2D eigenvalue weighted by molar-refractivity contribution is 5.88. The molecule has 0 saturated carbocycles. The smallest absolute Gasteiger partial charge is 0.280 e. The predicted octanol–water partition coefficient (Wildman–Crippen LogP) is 5.26. The van der Waals surface area contributed by atoms with Crippen LogP contribution in [0.4, 0.5) is 0 Å². The van der Waals surface area contributed by atoms with Crippen LogP contribution < -0.4 is 5.56 Å². The summed E-state index contributed by atoms with van der Waals surface area (Å²) in [5, 5.41) is 3.37. The molecule has 0 unspecified atom stereocenters. The van der Waals surface area contributed by atoms with Crippen LogP contribution in [0.3, 0.4) is 0 Å². The fourth-order valence-electron chi connectivity index (χ4n) is 4.53. The lowest BCUT2D eigenvalue weighted by Crippen LogP contribution is -2.17. The fourth-order valence-corrected chi connectivity index (χ4v) is 4.53. The fraction of sp³-hybridized carbons (Fsp3) is 0.154. The maximum absolute atomic E-state index is 13.6. The topological polar surface area (TPSA) is 75.9 Å². The number of aromatic nitrogens is 5. The van der Waals surface area contributed by atoms with Gasteiger partial charge in [0.15, 0.2) is 5.65 Å². The molecule has 32 heavy (non-hydrogen) atoms.